The van der Waals surface area contributed by atoms with Gasteiger partial charge in [-0.1, -0.05) is 11.3 Å². The molecule has 3 aliphatic rings. The number of fused-ring (bicyclic) bond motifs is 1. The van der Waals surface area contributed by atoms with Gasteiger partial charge in [-0.15, -0.1) is 0 Å². The lowest BCUT2D eigenvalue weighted by molar-refractivity contribution is -0.132. The monoisotopic (exact) mass is 531 g/mol. The van der Waals surface area contributed by atoms with Gasteiger partial charge in [-0.3, -0.25) is 29.5 Å². The van der Waals surface area contributed by atoms with Gasteiger partial charge in [0.05, 0.1) is 5.56 Å². The molecule has 0 aromatic carbocycles. The van der Waals surface area contributed by atoms with Crippen LogP contribution in [-0.2, 0) is 4.79 Å². The maximum absolute atomic E-state index is 13.5. The molecular formula is C24H29N5O5S2. The molecule has 3 fully saturated rings. The summed E-state index contributed by atoms with van der Waals surface area (Å²) in [6, 6.07) is 3.60. The average Bonchev–Trinajstić information content (AvgIpc) is 3.31. The van der Waals surface area contributed by atoms with E-state index in [1.165, 1.54) is 16.7 Å². The van der Waals surface area contributed by atoms with E-state index in [4.69, 9.17) is 0 Å². The fourth-order valence-corrected chi connectivity index (χ4v) is 7.97. The van der Waals surface area contributed by atoms with Crippen molar-refractivity contribution in [1.29, 1.82) is 0 Å². The highest BCUT2D eigenvalue weighted by atomic mass is 32.2. The van der Waals surface area contributed by atoms with E-state index in [-0.39, 0.29) is 34.1 Å². The summed E-state index contributed by atoms with van der Waals surface area (Å²) >= 11 is 2.34. The van der Waals surface area contributed by atoms with E-state index in [1.807, 2.05) is 13.8 Å². The molecule has 2 aromatic rings. The van der Waals surface area contributed by atoms with Gasteiger partial charge in [-0.05, 0) is 70.0 Å². The largest absolute Gasteiger partial charge is 0.465 e. The Kier molecular flexibility index (Phi) is 6.69. The highest BCUT2D eigenvalue weighted by Crippen LogP contribution is 2.45. The van der Waals surface area contributed by atoms with Crippen LogP contribution in [0.1, 0.15) is 49.9 Å². The molecule has 1 unspecified atom stereocenters. The molecule has 0 bridgehead atoms. The molecule has 3 aliphatic heterocycles. The number of nitrogens with zero attached hydrogens (tertiary/aromatic N) is 4. The molecule has 1 spiro atoms. The number of rotatable bonds is 4. The van der Waals surface area contributed by atoms with Crippen molar-refractivity contribution in [3.63, 3.8) is 0 Å². The van der Waals surface area contributed by atoms with Gasteiger partial charge in [0.1, 0.15) is 14.6 Å². The number of likely N-dealkylation sites (tertiary alicyclic amines) is 2. The Hall–Kier alpha value is -2.70. The summed E-state index contributed by atoms with van der Waals surface area (Å²) < 4.78 is -0.702. The molecule has 12 heteroatoms. The van der Waals surface area contributed by atoms with Crippen molar-refractivity contribution in [3.8, 4) is 0 Å². The zero-order chi connectivity index (χ0) is 25.6. The second-order valence-electron chi connectivity index (χ2n) is 9.82. The minimum Gasteiger partial charge on any atom is -0.465 e. The Balaban J connectivity index is 1.28. The Labute approximate surface area is 217 Å². The van der Waals surface area contributed by atoms with E-state index in [0.29, 0.717) is 41.8 Å². The predicted octanol–water partition coefficient (Wildman–Crippen LogP) is 3.93. The third-order valence-corrected chi connectivity index (χ3v) is 9.56. The maximum Gasteiger partial charge on any atom is 0.409 e. The molecule has 36 heavy (non-hydrogen) atoms. The number of piperidine rings is 2. The first kappa shape index (κ1) is 25.0. The first-order chi connectivity index (χ1) is 17.2. The number of carbonyl (C=O) groups is 4. The minimum atomic E-state index is -1.22. The number of carboxylic acid groups (broad SMARTS) is 1. The van der Waals surface area contributed by atoms with E-state index in [2.05, 4.69) is 15.2 Å². The summed E-state index contributed by atoms with van der Waals surface area (Å²) in [4.78, 5) is 61.0. The van der Waals surface area contributed by atoms with E-state index in [9.17, 15) is 24.3 Å². The minimum absolute atomic E-state index is 0.0683. The number of hydrogen-bond acceptors (Lipinski definition) is 8. The molecule has 5 rings (SSSR count). The lowest BCUT2D eigenvalue weighted by atomic mass is 9.91. The van der Waals surface area contributed by atoms with Gasteiger partial charge in [0.25, 0.3) is 11.1 Å². The Morgan fingerprint density at radius 1 is 1.22 bits per heavy atom. The van der Waals surface area contributed by atoms with Gasteiger partial charge in [0.15, 0.2) is 0 Å². The van der Waals surface area contributed by atoms with Crippen LogP contribution in [0.3, 0.4) is 0 Å². The van der Waals surface area contributed by atoms with E-state index >= 15 is 0 Å². The molecule has 1 atom stereocenters. The molecule has 10 nitrogen and oxygen atoms in total. The first-order valence-corrected chi connectivity index (χ1v) is 13.8. The lowest BCUT2D eigenvalue weighted by Crippen LogP contribution is -2.56. The van der Waals surface area contributed by atoms with Crippen molar-refractivity contribution in [2.24, 2.45) is 0 Å². The van der Waals surface area contributed by atoms with Gasteiger partial charge in [-0.25, -0.2) is 9.78 Å². The molecule has 0 radical (unpaired) electrons. The summed E-state index contributed by atoms with van der Waals surface area (Å²) in [5, 5.41) is 12.4. The van der Waals surface area contributed by atoms with Crippen LogP contribution in [0.4, 0.5) is 14.6 Å². The summed E-state index contributed by atoms with van der Waals surface area (Å²) in [7, 11) is 0. The summed E-state index contributed by atoms with van der Waals surface area (Å²) in [6.07, 6.45) is 3.47. The van der Waals surface area contributed by atoms with Crippen LogP contribution in [0.25, 0.3) is 10.2 Å². The number of carbonyl (C=O) groups excluding carboxylic acids is 3. The van der Waals surface area contributed by atoms with Crippen LogP contribution >= 0.6 is 23.1 Å². The number of anilines is 1. The Morgan fingerprint density at radius 2 is 1.97 bits per heavy atom. The maximum atomic E-state index is 13.5. The number of imide groups is 1. The van der Waals surface area contributed by atoms with Gasteiger partial charge in [-0.2, -0.15) is 0 Å². The van der Waals surface area contributed by atoms with E-state index in [0.717, 1.165) is 37.1 Å². The third-order valence-electron chi connectivity index (χ3n) is 7.26. The number of pyridine rings is 1. The first-order valence-electron chi connectivity index (χ1n) is 12.2. The average molecular weight is 532 g/mol. The normalized spacial score (nSPS) is 23.9. The topological polar surface area (TPSA) is 123 Å². The van der Waals surface area contributed by atoms with Crippen molar-refractivity contribution in [3.05, 3.63) is 23.9 Å². The highest BCUT2D eigenvalue weighted by molar-refractivity contribution is 8.16. The predicted molar refractivity (Wildman–Crippen MR) is 139 cm³/mol. The lowest BCUT2D eigenvalue weighted by Gasteiger charge is -2.44. The molecular weight excluding hydrogens is 502 g/mol. The quantitative estimate of drug-likeness (QED) is 0.608. The van der Waals surface area contributed by atoms with E-state index < -0.39 is 10.8 Å². The molecule has 4 amide bonds. The van der Waals surface area contributed by atoms with Crippen LogP contribution in [0, 0.1) is 0 Å². The summed E-state index contributed by atoms with van der Waals surface area (Å²) in [5.41, 5.74) is 0.348. The van der Waals surface area contributed by atoms with Crippen molar-refractivity contribution in [2.45, 2.75) is 56.4 Å². The number of nitrogens with one attached hydrogen (secondary N) is 1. The van der Waals surface area contributed by atoms with Crippen LogP contribution in [-0.4, -0.2) is 90.9 Å². The molecule has 0 aliphatic carbocycles. The van der Waals surface area contributed by atoms with Crippen molar-refractivity contribution in [1.82, 2.24) is 19.7 Å². The van der Waals surface area contributed by atoms with Gasteiger partial charge < -0.3 is 10.0 Å². The number of thioether (sulfide) groups is 1. The number of thiophene rings is 1. The number of amides is 4. The van der Waals surface area contributed by atoms with Crippen molar-refractivity contribution >= 4 is 61.5 Å². The van der Waals surface area contributed by atoms with E-state index in [1.54, 1.807) is 23.2 Å². The molecule has 3 saturated heterocycles. The second kappa shape index (κ2) is 9.64. The van der Waals surface area contributed by atoms with Crippen molar-refractivity contribution < 1.29 is 24.3 Å². The summed E-state index contributed by atoms with van der Waals surface area (Å²) in [5.74, 6) is -0.271. The van der Waals surface area contributed by atoms with Gasteiger partial charge in [0, 0.05) is 43.3 Å². The SMILES string of the molecule is CC(C)N1C(=O)SC2(CCCN(C3CCN(C(=O)c4c(NC(=O)O)sc5ncccc45)CC3)C2)C1=O. The van der Waals surface area contributed by atoms with Gasteiger partial charge in [0.2, 0.25) is 5.91 Å². The standard InChI is InChI=1S/C24H29N5O5S2/c1-14(2)29-21(31)24(36-23(29)34)8-4-10-28(13-24)15-6-11-27(12-7-15)20(30)17-16-5-3-9-25-18(16)35-19(17)26-22(32)33/h3,5,9,14-15,26H,4,6-8,10-13H2,1-2H3,(H,32,33). The molecule has 2 aromatic heterocycles. The van der Waals surface area contributed by atoms with Crippen LogP contribution in [0.2, 0.25) is 0 Å². The van der Waals surface area contributed by atoms with Crippen LogP contribution < -0.4 is 5.32 Å². The fraction of sp³-hybridized carbons (Fsp3) is 0.542. The van der Waals surface area contributed by atoms with Crippen LogP contribution in [0.15, 0.2) is 18.3 Å². The number of aromatic nitrogens is 1. The molecule has 2 N–H and O–H groups in total. The second-order valence-corrected chi connectivity index (χ2v) is 12.2. The van der Waals surface area contributed by atoms with Gasteiger partial charge >= 0.3 is 6.09 Å². The zero-order valence-corrected chi connectivity index (χ0v) is 21.9. The molecule has 0 saturated carbocycles. The molecule has 192 valence electrons. The highest BCUT2D eigenvalue weighted by Gasteiger charge is 2.55. The smallest absolute Gasteiger partial charge is 0.409 e. The van der Waals surface area contributed by atoms with Crippen molar-refractivity contribution in [2.75, 3.05) is 31.5 Å². The number of hydrogen-bond donors (Lipinski definition) is 2. The zero-order valence-electron chi connectivity index (χ0n) is 20.2. The summed E-state index contributed by atoms with van der Waals surface area (Å²) in [6.45, 7) is 6.24. The third kappa shape index (κ3) is 4.35. The van der Waals surface area contributed by atoms with Crippen LogP contribution in [0.5, 0.6) is 0 Å². The Morgan fingerprint density at radius 3 is 2.64 bits per heavy atom. The Bertz CT molecular complexity index is 1220. The fourth-order valence-electron chi connectivity index (χ4n) is 5.55. The molecule has 5 heterocycles.